The van der Waals surface area contributed by atoms with Crippen molar-refractivity contribution >= 4 is 0 Å². The number of hydrogen-bond donors (Lipinski definition) is 1. The fraction of sp³-hybridized carbons (Fsp3) is 0.857. The standard InChI is InChI=1S/C28H46O/c1-19(21(3)18-29)9-10-20(2)24-13-14-25-23-12-11-22-8-6-7-16-27(22,4)26(23)15-17-28(24,25)5/h11-12,19-21,24-26,29H,6-10,13-18H2,1-5H3/t19?,20-,21?,24-,25+,26+,27+,28-/m1/s1. The summed E-state index contributed by atoms with van der Waals surface area (Å²) in [4.78, 5) is 0. The molecule has 4 rings (SSSR count). The van der Waals surface area contributed by atoms with E-state index in [1.54, 1.807) is 5.57 Å². The van der Waals surface area contributed by atoms with Crippen molar-refractivity contribution < 1.29 is 5.11 Å². The molecule has 0 heterocycles. The monoisotopic (exact) mass is 398 g/mol. The first-order chi connectivity index (χ1) is 13.8. The van der Waals surface area contributed by atoms with E-state index in [9.17, 15) is 5.11 Å². The molecule has 4 aliphatic rings. The van der Waals surface area contributed by atoms with Crippen LogP contribution in [0.5, 0.6) is 0 Å². The van der Waals surface area contributed by atoms with Crippen LogP contribution in [0.4, 0.5) is 0 Å². The van der Waals surface area contributed by atoms with Crippen LogP contribution in [0.3, 0.4) is 0 Å². The zero-order chi connectivity index (χ0) is 20.8. The molecule has 0 aromatic heterocycles. The molecule has 1 N–H and O–H groups in total. The number of aliphatic hydroxyl groups excluding tert-OH is 1. The summed E-state index contributed by atoms with van der Waals surface area (Å²) in [7, 11) is 0. The van der Waals surface area contributed by atoms with Crippen molar-refractivity contribution in [1.82, 2.24) is 0 Å². The van der Waals surface area contributed by atoms with Crippen LogP contribution < -0.4 is 0 Å². The molecular formula is C28H46O. The van der Waals surface area contributed by atoms with E-state index in [1.165, 1.54) is 64.2 Å². The van der Waals surface area contributed by atoms with E-state index < -0.39 is 0 Å². The van der Waals surface area contributed by atoms with Gasteiger partial charge in [0.15, 0.2) is 0 Å². The Labute approximate surface area is 180 Å². The highest BCUT2D eigenvalue weighted by molar-refractivity contribution is 5.38. The highest BCUT2D eigenvalue weighted by Crippen LogP contribution is 2.66. The van der Waals surface area contributed by atoms with Gasteiger partial charge in [0.1, 0.15) is 0 Å². The molecule has 2 unspecified atom stereocenters. The van der Waals surface area contributed by atoms with Crippen molar-refractivity contribution in [2.24, 2.45) is 46.3 Å². The van der Waals surface area contributed by atoms with Crippen molar-refractivity contribution in [3.05, 3.63) is 23.3 Å². The fourth-order valence-electron chi connectivity index (χ4n) is 8.20. The average molecular weight is 399 g/mol. The lowest BCUT2D eigenvalue weighted by Gasteiger charge is -2.54. The first-order valence-corrected chi connectivity index (χ1v) is 12.8. The first kappa shape index (κ1) is 21.7. The van der Waals surface area contributed by atoms with Gasteiger partial charge in [0.25, 0.3) is 0 Å². The van der Waals surface area contributed by atoms with Crippen LogP contribution in [0.1, 0.15) is 98.8 Å². The molecule has 0 amide bonds. The lowest BCUT2D eigenvalue weighted by atomic mass is 9.50. The highest BCUT2D eigenvalue weighted by Gasteiger charge is 2.56. The molecule has 0 bridgehead atoms. The van der Waals surface area contributed by atoms with Gasteiger partial charge in [0.05, 0.1) is 0 Å². The van der Waals surface area contributed by atoms with E-state index in [-0.39, 0.29) is 0 Å². The van der Waals surface area contributed by atoms with E-state index in [4.69, 9.17) is 0 Å². The third kappa shape index (κ3) is 3.58. The predicted molar refractivity (Wildman–Crippen MR) is 124 cm³/mol. The molecule has 3 saturated carbocycles. The largest absolute Gasteiger partial charge is 0.396 e. The van der Waals surface area contributed by atoms with Crippen LogP contribution in [-0.4, -0.2) is 11.7 Å². The Kier molecular flexibility index (Phi) is 6.11. The third-order valence-electron chi connectivity index (χ3n) is 10.6. The van der Waals surface area contributed by atoms with E-state index in [0.29, 0.717) is 29.3 Å². The fourth-order valence-corrected chi connectivity index (χ4v) is 8.20. The smallest absolute Gasteiger partial charge is 0.0459 e. The second-order valence-electron chi connectivity index (χ2n) is 12.0. The molecule has 0 spiro atoms. The van der Waals surface area contributed by atoms with Gasteiger partial charge >= 0.3 is 0 Å². The summed E-state index contributed by atoms with van der Waals surface area (Å²) in [6, 6.07) is 0. The topological polar surface area (TPSA) is 20.2 Å². The number of hydrogen-bond acceptors (Lipinski definition) is 1. The summed E-state index contributed by atoms with van der Waals surface area (Å²) in [6.45, 7) is 12.7. The summed E-state index contributed by atoms with van der Waals surface area (Å²) in [5, 5.41) is 9.48. The van der Waals surface area contributed by atoms with Gasteiger partial charge in [-0.1, -0.05) is 77.2 Å². The lowest BCUT2D eigenvalue weighted by Crippen LogP contribution is -2.45. The van der Waals surface area contributed by atoms with Crippen LogP contribution in [0.15, 0.2) is 23.3 Å². The number of fused-ring (bicyclic) bond motifs is 5. The second kappa shape index (κ2) is 8.18. The highest BCUT2D eigenvalue weighted by atomic mass is 16.3. The van der Waals surface area contributed by atoms with Gasteiger partial charge in [-0.3, -0.25) is 0 Å². The number of rotatable bonds is 6. The van der Waals surface area contributed by atoms with E-state index in [0.717, 1.165) is 23.7 Å². The summed E-state index contributed by atoms with van der Waals surface area (Å²) < 4.78 is 0. The van der Waals surface area contributed by atoms with E-state index in [1.807, 2.05) is 5.57 Å². The Morgan fingerprint density at radius 2 is 1.72 bits per heavy atom. The van der Waals surface area contributed by atoms with Gasteiger partial charge in [0, 0.05) is 6.61 Å². The van der Waals surface area contributed by atoms with Crippen LogP contribution in [0.2, 0.25) is 0 Å². The molecule has 8 atom stereocenters. The van der Waals surface area contributed by atoms with Crippen molar-refractivity contribution in [3.8, 4) is 0 Å². The van der Waals surface area contributed by atoms with Gasteiger partial charge in [-0.05, 0) is 91.3 Å². The van der Waals surface area contributed by atoms with Gasteiger partial charge in [-0.15, -0.1) is 0 Å². The van der Waals surface area contributed by atoms with Crippen molar-refractivity contribution in [2.75, 3.05) is 6.61 Å². The Hall–Kier alpha value is -0.560. The minimum Gasteiger partial charge on any atom is -0.396 e. The van der Waals surface area contributed by atoms with E-state index in [2.05, 4.69) is 46.8 Å². The van der Waals surface area contributed by atoms with Crippen molar-refractivity contribution in [3.63, 3.8) is 0 Å². The number of allylic oxidation sites excluding steroid dienone is 4. The Morgan fingerprint density at radius 1 is 0.931 bits per heavy atom. The van der Waals surface area contributed by atoms with Crippen molar-refractivity contribution in [2.45, 2.75) is 98.8 Å². The molecule has 3 fully saturated rings. The lowest BCUT2D eigenvalue weighted by molar-refractivity contribution is 0.0462. The molecule has 29 heavy (non-hydrogen) atoms. The van der Waals surface area contributed by atoms with Crippen LogP contribution in [-0.2, 0) is 0 Å². The van der Waals surface area contributed by atoms with Gasteiger partial charge in [0.2, 0.25) is 0 Å². The van der Waals surface area contributed by atoms with Gasteiger partial charge in [-0.25, -0.2) is 0 Å². The zero-order valence-corrected chi connectivity index (χ0v) is 19.8. The first-order valence-electron chi connectivity index (χ1n) is 12.8. The third-order valence-corrected chi connectivity index (χ3v) is 10.6. The molecule has 164 valence electrons. The Bertz CT molecular complexity index is 659. The minimum atomic E-state index is 0.336. The van der Waals surface area contributed by atoms with Crippen molar-refractivity contribution in [1.29, 1.82) is 0 Å². The van der Waals surface area contributed by atoms with Gasteiger partial charge in [-0.2, -0.15) is 0 Å². The summed E-state index contributed by atoms with van der Waals surface area (Å²) >= 11 is 0. The quantitative estimate of drug-likeness (QED) is 0.489. The maximum absolute atomic E-state index is 9.48. The van der Waals surface area contributed by atoms with Crippen LogP contribution in [0, 0.1) is 46.3 Å². The Morgan fingerprint density at radius 3 is 2.48 bits per heavy atom. The zero-order valence-electron chi connectivity index (χ0n) is 19.8. The normalized spacial score (nSPS) is 42.1. The molecule has 0 aliphatic heterocycles. The molecule has 0 aromatic rings. The van der Waals surface area contributed by atoms with Crippen LogP contribution >= 0.6 is 0 Å². The Balaban J connectivity index is 1.49. The van der Waals surface area contributed by atoms with E-state index >= 15 is 0 Å². The molecule has 0 saturated heterocycles. The predicted octanol–water partition coefficient (Wildman–Crippen LogP) is 7.56. The van der Waals surface area contributed by atoms with Crippen LogP contribution in [0.25, 0.3) is 0 Å². The summed E-state index contributed by atoms with van der Waals surface area (Å²) in [5.41, 5.74) is 4.62. The SMILES string of the molecule is CC(CO)C(C)CC[C@@H](C)[C@H]1CC[C@H]2C3=CC=C4CCCC[C@]4(C)[C@H]3CC[C@]12C. The second-order valence-corrected chi connectivity index (χ2v) is 12.0. The maximum atomic E-state index is 9.48. The number of aliphatic hydroxyl groups is 1. The molecule has 1 nitrogen and oxygen atoms in total. The minimum absolute atomic E-state index is 0.336. The van der Waals surface area contributed by atoms with Gasteiger partial charge < -0.3 is 5.11 Å². The molecule has 0 aromatic carbocycles. The summed E-state index contributed by atoms with van der Waals surface area (Å²) in [5.74, 6) is 4.44. The maximum Gasteiger partial charge on any atom is 0.0459 e. The molecule has 4 aliphatic carbocycles. The molecule has 1 heteroatoms. The molecular weight excluding hydrogens is 352 g/mol. The summed E-state index contributed by atoms with van der Waals surface area (Å²) in [6.07, 6.45) is 19.1. The molecule has 0 radical (unpaired) electrons. The average Bonchev–Trinajstić information content (AvgIpc) is 3.08.